The van der Waals surface area contributed by atoms with Gasteiger partial charge in [0.1, 0.15) is 35.5 Å². The van der Waals surface area contributed by atoms with E-state index in [1.807, 2.05) is 6.92 Å². The number of halogens is 3. The fourth-order valence-corrected chi connectivity index (χ4v) is 4.75. The van der Waals surface area contributed by atoms with Gasteiger partial charge in [-0.2, -0.15) is 13.2 Å². The predicted octanol–water partition coefficient (Wildman–Crippen LogP) is 2.18. The van der Waals surface area contributed by atoms with E-state index in [0.29, 0.717) is 22.9 Å². The van der Waals surface area contributed by atoms with Gasteiger partial charge in [0.05, 0.1) is 13.7 Å². The number of methoxy groups -OCH3 is 1. The molecule has 0 amide bonds. The van der Waals surface area contributed by atoms with Crippen LogP contribution in [-0.4, -0.2) is 83.6 Å². The van der Waals surface area contributed by atoms with Crippen molar-refractivity contribution in [1.29, 1.82) is 0 Å². The van der Waals surface area contributed by atoms with E-state index < -0.39 is 42.1 Å². The lowest BCUT2D eigenvalue weighted by Crippen LogP contribution is -2.61. The largest absolute Gasteiger partial charge is 0.496 e. The highest BCUT2D eigenvalue weighted by atomic mass is 32.2. The maximum absolute atomic E-state index is 13.9. The fourth-order valence-electron chi connectivity index (χ4n) is 3.60. The third-order valence-electron chi connectivity index (χ3n) is 5.25. The number of aryl methyl sites for hydroxylation is 1. The van der Waals surface area contributed by atoms with Gasteiger partial charge in [-0.05, 0) is 29.7 Å². The van der Waals surface area contributed by atoms with E-state index in [1.165, 1.54) is 7.11 Å². The van der Waals surface area contributed by atoms with Crippen molar-refractivity contribution < 1.29 is 37.6 Å². The molecule has 2 heterocycles. The van der Waals surface area contributed by atoms with Crippen LogP contribution in [0.4, 0.5) is 13.2 Å². The van der Waals surface area contributed by atoms with Gasteiger partial charge in [0, 0.05) is 14.1 Å². The van der Waals surface area contributed by atoms with E-state index in [4.69, 9.17) is 14.2 Å². The molecule has 1 aromatic carbocycles. The van der Waals surface area contributed by atoms with Crippen LogP contribution in [0.5, 0.6) is 5.75 Å². The van der Waals surface area contributed by atoms with Gasteiger partial charge in [-0.3, -0.25) is 4.99 Å². The Labute approximate surface area is 183 Å². The second kappa shape index (κ2) is 9.53. The van der Waals surface area contributed by atoms with Crippen LogP contribution in [0.15, 0.2) is 23.2 Å². The van der Waals surface area contributed by atoms with Gasteiger partial charge >= 0.3 is 6.18 Å². The van der Waals surface area contributed by atoms with Crippen LogP contribution < -0.4 is 4.74 Å². The summed E-state index contributed by atoms with van der Waals surface area (Å²) in [6.07, 6.45) is -11.7. The van der Waals surface area contributed by atoms with Crippen LogP contribution >= 0.6 is 11.8 Å². The monoisotopic (exact) mass is 464 g/mol. The zero-order valence-corrected chi connectivity index (χ0v) is 18.5. The number of hydrogen-bond acceptors (Lipinski definition) is 8. The minimum atomic E-state index is -4.81. The van der Waals surface area contributed by atoms with Crippen molar-refractivity contribution in [3.63, 3.8) is 0 Å². The Kier molecular flexibility index (Phi) is 7.42. The number of aliphatic hydroxyl groups is 2. The van der Waals surface area contributed by atoms with Gasteiger partial charge in [0.15, 0.2) is 11.3 Å². The molecule has 1 fully saturated rings. The smallest absolute Gasteiger partial charge is 0.417 e. The Morgan fingerprint density at radius 1 is 1.26 bits per heavy atom. The number of fused-ring (bicyclic) bond motifs is 1. The van der Waals surface area contributed by atoms with Crippen LogP contribution in [0.3, 0.4) is 0 Å². The molecule has 0 bridgehead atoms. The molecule has 0 aliphatic carbocycles. The molecule has 174 valence electrons. The average molecular weight is 465 g/mol. The Balaban J connectivity index is 1.77. The second-order valence-corrected chi connectivity index (χ2v) is 8.70. The molecule has 2 aliphatic heterocycles. The molecule has 31 heavy (non-hydrogen) atoms. The van der Waals surface area contributed by atoms with Gasteiger partial charge in [-0.1, -0.05) is 24.8 Å². The first-order valence-electron chi connectivity index (χ1n) is 9.84. The zero-order chi connectivity index (χ0) is 22.9. The number of aliphatic hydroxyl groups excluding tert-OH is 2. The molecule has 6 atom stereocenters. The first-order valence-corrected chi connectivity index (χ1v) is 10.7. The van der Waals surface area contributed by atoms with E-state index in [1.54, 1.807) is 37.2 Å². The first-order chi connectivity index (χ1) is 14.6. The number of nitrogens with zero attached hydrogens (tertiary/aromatic N) is 2. The summed E-state index contributed by atoms with van der Waals surface area (Å²) >= 11 is 1.11. The summed E-state index contributed by atoms with van der Waals surface area (Å²) in [6, 6.07) is 4.17. The fraction of sp³-hybridized carbons (Fsp3) is 0.650. The minimum absolute atomic E-state index is 0.343. The summed E-state index contributed by atoms with van der Waals surface area (Å²) in [7, 11) is 4.98. The Hall–Kier alpha value is -1.53. The SMILES string of the molecule is CCc1cc(CO[C@H](C2O[C@@H]3SC(N(C)C)=N[C@@H]3[C@@H](O)[C@@H]2O)C(F)(F)F)ccc1OC. The quantitative estimate of drug-likeness (QED) is 0.668. The van der Waals surface area contributed by atoms with E-state index in [9.17, 15) is 23.4 Å². The first kappa shape index (κ1) is 24.1. The van der Waals surface area contributed by atoms with Crippen molar-refractivity contribution in [3.05, 3.63) is 29.3 Å². The number of aliphatic imine (C=N–C) groups is 1. The number of amidine groups is 1. The van der Waals surface area contributed by atoms with Gasteiger partial charge in [-0.25, -0.2) is 0 Å². The number of ether oxygens (including phenoxy) is 3. The predicted molar refractivity (Wildman–Crippen MR) is 110 cm³/mol. The lowest BCUT2D eigenvalue weighted by molar-refractivity contribution is -0.286. The molecule has 0 aromatic heterocycles. The van der Waals surface area contributed by atoms with E-state index in [2.05, 4.69) is 4.99 Å². The van der Waals surface area contributed by atoms with E-state index in [0.717, 1.165) is 17.3 Å². The molecule has 11 heteroatoms. The molecule has 0 saturated carbocycles. The molecule has 0 spiro atoms. The van der Waals surface area contributed by atoms with E-state index in [-0.39, 0.29) is 6.61 Å². The molecule has 1 aromatic rings. The molecular formula is C20H27F3N2O5S. The van der Waals surface area contributed by atoms with Crippen molar-refractivity contribution >= 4 is 16.9 Å². The van der Waals surface area contributed by atoms with Crippen molar-refractivity contribution in [3.8, 4) is 5.75 Å². The molecule has 3 rings (SSSR count). The molecule has 2 N–H and O–H groups in total. The van der Waals surface area contributed by atoms with Gasteiger partial charge in [0.2, 0.25) is 0 Å². The molecule has 0 radical (unpaired) electrons. The van der Waals surface area contributed by atoms with Crippen LogP contribution in [0.1, 0.15) is 18.1 Å². The number of thioether (sulfide) groups is 1. The number of hydrogen-bond donors (Lipinski definition) is 2. The molecule has 1 unspecified atom stereocenters. The van der Waals surface area contributed by atoms with Gasteiger partial charge in [-0.15, -0.1) is 0 Å². The van der Waals surface area contributed by atoms with Crippen molar-refractivity contribution in [2.75, 3.05) is 21.2 Å². The van der Waals surface area contributed by atoms with Crippen LogP contribution in [0.2, 0.25) is 0 Å². The van der Waals surface area contributed by atoms with Crippen molar-refractivity contribution in [2.24, 2.45) is 4.99 Å². The topological polar surface area (TPSA) is 83.8 Å². The number of rotatable bonds is 6. The summed E-state index contributed by atoms with van der Waals surface area (Å²) in [5, 5.41) is 21.4. The lowest BCUT2D eigenvalue weighted by Gasteiger charge is -2.41. The highest BCUT2D eigenvalue weighted by Crippen LogP contribution is 2.41. The summed E-state index contributed by atoms with van der Waals surface area (Å²) < 4.78 is 57.6. The molecular weight excluding hydrogens is 437 g/mol. The maximum Gasteiger partial charge on any atom is 0.417 e. The summed E-state index contributed by atoms with van der Waals surface area (Å²) in [5.41, 5.74) is 0.529. The number of benzene rings is 1. The third-order valence-corrected chi connectivity index (χ3v) is 6.55. The average Bonchev–Trinajstić information content (AvgIpc) is 3.15. The summed E-state index contributed by atoms with van der Waals surface area (Å²) in [6.45, 7) is 1.57. The van der Waals surface area contributed by atoms with Gasteiger partial charge < -0.3 is 29.3 Å². The van der Waals surface area contributed by atoms with Crippen LogP contribution in [0, 0.1) is 0 Å². The molecule has 2 aliphatic rings. The minimum Gasteiger partial charge on any atom is -0.496 e. The van der Waals surface area contributed by atoms with Gasteiger partial charge in [0.25, 0.3) is 0 Å². The molecule has 7 nitrogen and oxygen atoms in total. The third kappa shape index (κ3) is 5.11. The summed E-state index contributed by atoms with van der Waals surface area (Å²) in [4.78, 5) is 5.94. The normalized spacial score (nSPS) is 29.3. The van der Waals surface area contributed by atoms with Crippen molar-refractivity contribution in [2.45, 2.75) is 62.0 Å². The van der Waals surface area contributed by atoms with E-state index >= 15 is 0 Å². The second-order valence-electron chi connectivity index (χ2n) is 7.64. The Morgan fingerprint density at radius 3 is 2.55 bits per heavy atom. The van der Waals surface area contributed by atoms with Crippen molar-refractivity contribution in [1.82, 2.24) is 4.90 Å². The highest BCUT2D eigenvalue weighted by Gasteiger charge is 2.57. The maximum atomic E-state index is 13.9. The molecule has 1 saturated heterocycles. The lowest BCUT2D eigenvalue weighted by atomic mass is 9.94. The van der Waals surface area contributed by atoms with Crippen LogP contribution in [0.25, 0.3) is 0 Å². The Bertz CT molecular complexity index is 808. The summed E-state index contributed by atoms with van der Waals surface area (Å²) in [5.74, 6) is 0.647. The standard InChI is InChI=1S/C20H27F3N2O5S/c1-5-11-8-10(6-7-12(11)28-4)9-29-17(20(21,22)23)16-15(27)14(26)13-18(30-16)31-19(24-13)25(2)3/h6-8,13-18,26-27H,5,9H2,1-4H3/t13-,14-,15+,16?,17-,18-/m1/s1. The highest BCUT2D eigenvalue weighted by molar-refractivity contribution is 8.14. The number of alkyl halides is 3. The zero-order valence-electron chi connectivity index (χ0n) is 17.7. The van der Waals surface area contributed by atoms with Crippen LogP contribution in [-0.2, 0) is 22.5 Å². The Morgan fingerprint density at radius 2 is 1.97 bits per heavy atom.